The molecular weight excluding hydrogens is 267 g/mol. The minimum atomic E-state index is -0.253. The van der Waals surface area contributed by atoms with Gasteiger partial charge in [-0.25, -0.2) is 4.39 Å². The first-order valence-corrected chi connectivity index (χ1v) is 7.79. The van der Waals surface area contributed by atoms with Gasteiger partial charge in [-0.3, -0.25) is 10.1 Å². The van der Waals surface area contributed by atoms with Crippen LogP contribution in [0.3, 0.4) is 0 Å². The fourth-order valence-corrected chi connectivity index (χ4v) is 2.80. The van der Waals surface area contributed by atoms with E-state index in [-0.39, 0.29) is 30.0 Å². The van der Waals surface area contributed by atoms with Gasteiger partial charge in [0.25, 0.3) is 0 Å². The monoisotopic (exact) mass is 292 g/mol. The smallest absolute Gasteiger partial charge is 0.241 e. The third-order valence-corrected chi connectivity index (χ3v) is 4.36. The van der Waals surface area contributed by atoms with E-state index in [1.54, 1.807) is 12.1 Å². The largest absolute Gasteiger partial charge is 0.319 e. The molecule has 0 spiro atoms. The minimum absolute atomic E-state index is 0.133. The first kappa shape index (κ1) is 16.0. The lowest BCUT2D eigenvalue weighted by atomic mass is 10.0. The molecule has 0 bridgehead atoms. The van der Waals surface area contributed by atoms with E-state index in [2.05, 4.69) is 33.0 Å². The number of carbonyl (C=O) groups is 1. The summed E-state index contributed by atoms with van der Waals surface area (Å²) in [7, 11) is 0. The Hall–Kier alpha value is -1.42. The van der Waals surface area contributed by atoms with Crippen molar-refractivity contribution in [3.05, 3.63) is 35.6 Å². The average molecular weight is 292 g/mol. The van der Waals surface area contributed by atoms with Crippen molar-refractivity contribution in [3.63, 3.8) is 0 Å². The molecule has 21 heavy (non-hydrogen) atoms. The lowest BCUT2D eigenvalue weighted by Gasteiger charge is -2.33. The normalized spacial score (nSPS) is 23.9. The number of amides is 1. The molecule has 4 heteroatoms. The number of halogens is 1. The number of benzene rings is 1. The predicted molar refractivity (Wildman–Crippen MR) is 82.1 cm³/mol. The zero-order valence-corrected chi connectivity index (χ0v) is 13.3. The Morgan fingerprint density at radius 1 is 1.24 bits per heavy atom. The van der Waals surface area contributed by atoms with Gasteiger partial charge in [0.05, 0.1) is 6.04 Å². The van der Waals surface area contributed by atoms with Gasteiger partial charge in [-0.05, 0) is 37.0 Å². The van der Waals surface area contributed by atoms with Crippen LogP contribution < -0.4 is 5.32 Å². The molecule has 3 unspecified atom stereocenters. The molecule has 3 atom stereocenters. The van der Waals surface area contributed by atoms with E-state index in [0.717, 1.165) is 18.4 Å². The molecule has 3 nitrogen and oxygen atoms in total. The maximum absolute atomic E-state index is 13.1. The van der Waals surface area contributed by atoms with Crippen molar-refractivity contribution in [1.82, 2.24) is 10.2 Å². The van der Waals surface area contributed by atoms with Crippen LogP contribution in [0, 0.1) is 11.7 Å². The number of carbonyl (C=O) groups excluding carboxylic acids is 1. The molecule has 1 aliphatic heterocycles. The SMILES string of the molecule is CCCC1NC(c2ccc(F)cc2)N(C(C)C(C)C)C1=O. The van der Waals surface area contributed by atoms with E-state index in [4.69, 9.17) is 0 Å². The zero-order valence-electron chi connectivity index (χ0n) is 13.3. The molecule has 2 rings (SSSR count). The second kappa shape index (κ2) is 6.56. The lowest BCUT2D eigenvalue weighted by Crippen LogP contribution is -2.41. The van der Waals surface area contributed by atoms with E-state index < -0.39 is 0 Å². The Morgan fingerprint density at radius 3 is 2.38 bits per heavy atom. The molecule has 0 aliphatic carbocycles. The standard InChI is InChI=1S/C17H25FN2O/c1-5-6-15-17(21)20(12(4)11(2)3)16(19-15)13-7-9-14(18)10-8-13/h7-12,15-16,19H,5-6H2,1-4H3. The van der Waals surface area contributed by atoms with Crippen molar-refractivity contribution in [2.75, 3.05) is 0 Å². The molecule has 116 valence electrons. The Bertz CT molecular complexity index is 486. The van der Waals surface area contributed by atoms with Gasteiger partial charge in [0, 0.05) is 6.04 Å². The van der Waals surface area contributed by atoms with Crippen LogP contribution in [-0.4, -0.2) is 22.9 Å². The number of nitrogens with one attached hydrogen (secondary N) is 1. The third-order valence-electron chi connectivity index (χ3n) is 4.36. The molecule has 0 saturated carbocycles. The van der Waals surface area contributed by atoms with Gasteiger partial charge in [0.15, 0.2) is 0 Å². The molecule has 0 radical (unpaired) electrons. The van der Waals surface area contributed by atoms with Gasteiger partial charge in [-0.2, -0.15) is 0 Å². The molecule has 1 aromatic rings. The van der Waals surface area contributed by atoms with Gasteiger partial charge in [0.2, 0.25) is 5.91 Å². The molecule has 1 amide bonds. The molecule has 1 N–H and O–H groups in total. The Balaban J connectivity index is 2.31. The van der Waals surface area contributed by atoms with Crippen LogP contribution in [0.25, 0.3) is 0 Å². The molecule has 1 fully saturated rings. The summed E-state index contributed by atoms with van der Waals surface area (Å²) in [6.07, 6.45) is 1.63. The van der Waals surface area contributed by atoms with Crippen LogP contribution >= 0.6 is 0 Å². The van der Waals surface area contributed by atoms with Crippen molar-refractivity contribution in [2.45, 2.75) is 58.8 Å². The van der Waals surface area contributed by atoms with E-state index in [1.807, 2.05) is 4.90 Å². The van der Waals surface area contributed by atoms with Crippen molar-refractivity contribution in [3.8, 4) is 0 Å². The Labute approximate surface area is 126 Å². The highest BCUT2D eigenvalue weighted by molar-refractivity contribution is 5.84. The summed E-state index contributed by atoms with van der Waals surface area (Å²) in [6, 6.07) is 6.43. The summed E-state index contributed by atoms with van der Waals surface area (Å²) in [6.45, 7) is 8.39. The zero-order chi connectivity index (χ0) is 15.6. The van der Waals surface area contributed by atoms with Crippen LogP contribution in [-0.2, 0) is 4.79 Å². The molecular formula is C17H25FN2O. The van der Waals surface area contributed by atoms with Crippen molar-refractivity contribution >= 4 is 5.91 Å². The maximum Gasteiger partial charge on any atom is 0.241 e. The second-order valence-electron chi connectivity index (χ2n) is 6.19. The quantitative estimate of drug-likeness (QED) is 0.901. The van der Waals surface area contributed by atoms with E-state index in [9.17, 15) is 9.18 Å². The van der Waals surface area contributed by atoms with Crippen LogP contribution in [0.2, 0.25) is 0 Å². The van der Waals surface area contributed by atoms with Crippen LogP contribution in [0.5, 0.6) is 0 Å². The lowest BCUT2D eigenvalue weighted by molar-refractivity contribution is -0.133. The molecule has 1 saturated heterocycles. The van der Waals surface area contributed by atoms with Gasteiger partial charge in [0.1, 0.15) is 12.0 Å². The molecule has 1 aliphatic rings. The average Bonchev–Trinajstić information content (AvgIpc) is 2.76. The highest BCUT2D eigenvalue weighted by Gasteiger charge is 2.41. The van der Waals surface area contributed by atoms with Crippen molar-refractivity contribution in [1.29, 1.82) is 0 Å². The molecule has 1 aromatic carbocycles. The maximum atomic E-state index is 13.1. The van der Waals surface area contributed by atoms with E-state index in [0.29, 0.717) is 5.92 Å². The number of rotatable bonds is 5. The van der Waals surface area contributed by atoms with Crippen molar-refractivity contribution in [2.24, 2.45) is 5.92 Å². The number of hydrogen-bond acceptors (Lipinski definition) is 2. The second-order valence-corrected chi connectivity index (χ2v) is 6.19. The van der Waals surface area contributed by atoms with E-state index >= 15 is 0 Å². The number of hydrogen-bond donors (Lipinski definition) is 1. The third kappa shape index (κ3) is 3.26. The molecule has 1 heterocycles. The fourth-order valence-electron chi connectivity index (χ4n) is 2.80. The van der Waals surface area contributed by atoms with Gasteiger partial charge in [-0.15, -0.1) is 0 Å². The van der Waals surface area contributed by atoms with Gasteiger partial charge < -0.3 is 4.90 Å². The van der Waals surface area contributed by atoms with Crippen LogP contribution in [0.1, 0.15) is 52.3 Å². The summed E-state index contributed by atoms with van der Waals surface area (Å²) in [5, 5.41) is 3.42. The highest BCUT2D eigenvalue weighted by atomic mass is 19.1. The topological polar surface area (TPSA) is 32.3 Å². The predicted octanol–water partition coefficient (Wildman–Crippen LogP) is 3.47. The highest BCUT2D eigenvalue weighted by Crippen LogP contribution is 2.31. The minimum Gasteiger partial charge on any atom is -0.319 e. The van der Waals surface area contributed by atoms with Crippen LogP contribution in [0.15, 0.2) is 24.3 Å². The summed E-state index contributed by atoms with van der Waals surface area (Å²) >= 11 is 0. The first-order chi connectivity index (χ1) is 9.95. The summed E-state index contributed by atoms with van der Waals surface area (Å²) in [4.78, 5) is 14.6. The Kier molecular flexibility index (Phi) is 4.99. The fraction of sp³-hybridized carbons (Fsp3) is 0.588. The van der Waals surface area contributed by atoms with Gasteiger partial charge in [-0.1, -0.05) is 39.3 Å². The summed E-state index contributed by atoms with van der Waals surface area (Å²) < 4.78 is 13.1. The van der Waals surface area contributed by atoms with Crippen LogP contribution in [0.4, 0.5) is 4.39 Å². The summed E-state index contributed by atoms with van der Waals surface area (Å²) in [5.41, 5.74) is 0.941. The first-order valence-electron chi connectivity index (χ1n) is 7.79. The Morgan fingerprint density at radius 2 is 1.86 bits per heavy atom. The summed E-state index contributed by atoms with van der Waals surface area (Å²) in [5.74, 6) is 0.281. The van der Waals surface area contributed by atoms with E-state index in [1.165, 1.54) is 12.1 Å². The number of nitrogens with zero attached hydrogens (tertiary/aromatic N) is 1. The van der Waals surface area contributed by atoms with Crippen molar-refractivity contribution < 1.29 is 9.18 Å². The van der Waals surface area contributed by atoms with Gasteiger partial charge >= 0.3 is 0 Å². The molecule has 0 aromatic heterocycles.